The van der Waals surface area contributed by atoms with Crippen LogP contribution in [0.2, 0.25) is 0 Å². The summed E-state index contributed by atoms with van der Waals surface area (Å²) in [6.45, 7) is 0. The molecular formula is C13H14F6N4O5S. The van der Waals surface area contributed by atoms with Gasteiger partial charge in [-0.15, -0.1) is 0 Å². The number of hydrogen-bond acceptors (Lipinski definition) is 7. The van der Waals surface area contributed by atoms with Crippen molar-refractivity contribution in [2.75, 3.05) is 0 Å². The van der Waals surface area contributed by atoms with Gasteiger partial charge in [0.2, 0.25) is 0 Å². The fourth-order valence-corrected chi connectivity index (χ4v) is 0.773. The van der Waals surface area contributed by atoms with Gasteiger partial charge in [0.15, 0.2) is 34.9 Å². The molecule has 0 aliphatic rings. The van der Waals surface area contributed by atoms with E-state index in [2.05, 4.69) is 9.97 Å². The fourth-order valence-electron chi connectivity index (χ4n) is 0.773. The van der Waals surface area contributed by atoms with Crippen LogP contribution < -0.4 is 14.2 Å². The van der Waals surface area contributed by atoms with Crippen molar-refractivity contribution in [1.29, 1.82) is 0 Å². The van der Waals surface area contributed by atoms with Gasteiger partial charge in [0.25, 0.3) is 0 Å². The van der Waals surface area contributed by atoms with Crippen LogP contribution in [0, 0.1) is 0 Å². The zero-order valence-corrected chi connectivity index (χ0v) is 15.4. The lowest BCUT2D eigenvalue weighted by Gasteiger charge is -2.08. The van der Waals surface area contributed by atoms with Crippen LogP contribution in [-0.4, -0.2) is 40.6 Å². The third-order valence-electron chi connectivity index (χ3n) is 2.07. The lowest BCUT2D eigenvalue weighted by Crippen LogP contribution is -2.37. The summed E-state index contributed by atoms with van der Waals surface area (Å²) >= 11 is 0. The van der Waals surface area contributed by atoms with E-state index in [0.29, 0.717) is 0 Å². The first-order chi connectivity index (χ1) is 13.0. The van der Waals surface area contributed by atoms with Gasteiger partial charge in [-0.1, -0.05) is 0 Å². The van der Waals surface area contributed by atoms with Gasteiger partial charge in [-0.2, -0.15) is 26.3 Å². The summed E-state index contributed by atoms with van der Waals surface area (Å²) in [4.78, 5) is 16.4. The quantitative estimate of drug-likeness (QED) is 0.221. The minimum Gasteiger partial charge on any atom is -0.741 e. The molecular weight excluding hydrogens is 438 g/mol. The van der Waals surface area contributed by atoms with Crippen LogP contribution in [-0.2, 0) is 29.0 Å². The highest BCUT2D eigenvalue weighted by Crippen LogP contribution is 2.20. The van der Waals surface area contributed by atoms with Crippen LogP contribution in [0.25, 0.3) is 0 Å². The topological polar surface area (TPSA) is 131 Å². The minimum absolute atomic E-state index is 1.75. The second kappa shape index (κ2) is 12.6. The molecule has 29 heavy (non-hydrogen) atoms. The van der Waals surface area contributed by atoms with E-state index < -0.39 is 27.8 Å². The third-order valence-corrected chi connectivity index (χ3v) is 2.63. The number of carbonyl (C=O) groups excluding carboxylic acids is 1. The van der Waals surface area contributed by atoms with Crippen molar-refractivity contribution in [3.63, 3.8) is 0 Å². The normalized spacial score (nSPS) is 10.8. The number of aryl methyl sites for hydroxylation is 2. The molecule has 16 heteroatoms. The number of aromatic nitrogens is 4. The van der Waals surface area contributed by atoms with Gasteiger partial charge in [-0.3, -0.25) is 9.97 Å². The Morgan fingerprint density at radius 2 is 1.03 bits per heavy atom. The number of alkyl halides is 6. The summed E-state index contributed by atoms with van der Waals surface area (Å²) in [6, 6.07) is 0. The van der Waals surface area contributed by atoms with Crippen molar-refractivity contribution in [3.8, 4) is 0 Å². The predicted octanol–water partition coefficient (Wildman–Crippen LogP) is -0.838. The fraction of sp³-hybridized carbons (Fsp3) is 0.308. The van der Waals surface area contributed by atoms with Crippen LogP contribution in [0.5, 0.6) is 0 Å². The average molecular weight is 452 g/mol. The van der Waals surface area contributed by atoms with Crippen molar-refractivity contribution in [2.45, 2.75) is 11.7 Å². The molecule has 0 unspecified atom stereocenters. The maximum absolute atomic E-state index is 10.7. The molecule has 0 saturated carbocycles. The van der Waals surface area contributed by atoms with Gasteiger partial charge in [0.1, 0.15) is 20.1 Å². The zero-order chi connectivity index (χ0) is 23.3. The Bertz CT molecular complexity index is 780. The largest absolute Gasteiger partial charge is 0.741 e. The van der Waals surface area contributed by atoms with Crippen LogP contribution in [0.4, 0.5) is 26.3 Å². The number of nitrogens with zero attached hydrogens (tertiary/aromatic N) is 4. The van der Waals surface area contributed by atoms with Crippen molar-refractivity contribution in [3.05, 3.63) is 49.6 Å². The summed E-state index contributed by atoms with van der Waals surface area (Å²) in [7, 11) is -2.17. The molecule has 0 bridgehead atoms. The number of carboxylic acids is 1. The molecule has 0 saturated heterocycles. The Labute approximate surface area is 160 Å². The predicted molar refractivity (Wildman–Crippen MR) is 77.6 cm³/mol. The molecule has 0 N–H and O–H groups in total. The molecule has 0 aromatic carbocycles. The molecule has 0 atom stereocenters. The number of carboxylic acid groups (broad SMARTS) is 1. The van der Waals surface area contributed by atoms with Gasteiger partial charge in [-0.25, -0.2) is 17.6 Å². The van der Waals surface area contributed by atoms with E-state index in [4.69, 9.17) is 22.9 Å². The summed E-state index contributed by atoms with van der Waals surface area (Å²) in [5.41, 5.74) is -5.65. The molecule has 0 aliphatic heterocycles. The number of halogens is 6. The lowest BCUT2D eigenvalue weighted by molar-refractivity contribution is -0.672. The molecule has 0 fully saturated rings. The molecule has 0 radical (unpaired) electrons. The highest BCUT2D eigenvalue weighted by atomic mass is 32.2. The maximum atomic E-state index is 10.7. The molecule has 0 amide bonds. The lowest BCUT2D eigenvalue weighted by atomic mass is 10.7. The highest BCUT2D eigenvalue weighted by molar-refractivity contribution is 7.86. The first-order valence-corrected chi connectivity index (χ1v) is 8.20. The third kappa shape index (κ3) is 17.0. The van der Waals surface area contributed by atoms with E-state index in [9.17, 15) is 26.3 Å². The second-order valence-electron chi connectivity index (χ2n) is 4.51. The first-order valence-electron chi connectivity index (χ1n) is 6.79. The Kier molecular flexibility index (Phi) is 12.3. The van der Waals surface area contributed by atoms with Gasteiger partial charge in [-0.05, 0) is 0 Å². The summed E-state index contributed by atoms with van der Waals surface area (Å²) in [5.74, 6) is -3.01. The Balaban J connectivity index is 0. The van der Waals surface area contributed by atoms with Gasteiger partial charge in [0.05, 0.1) is 24.8 Å². The molecule has 0 aliphatic carbocycles. The van der Waals surface area contributed by atoms with Crippen LogP contribution >= 0.6 is 0 Å². The Morgan fingerprint density at radius 1 is 0.828 bits per heavy atom. The van der Waals surface area contributed by atoms with Crippen LogP contribution in [0.15, 0.2) is 49.6 Å². The number of carbonyl (C=O) groups is 1. The van der Waals surface area contributed by atoms with Crippen LogP contribution in [0.1, 0.15) is 0 Å². The summed E-state index contributed by atoms with van der Waals surface area (Å²) < 4.78 is 94.3. The summed E-state index contributed by atoms with van der Waals surface area (Å²) in [5, 5.41) is 8.78. The molecule has 2 aromatic heterocycles. The standard InChI is InChI=1S/2C5H7N2.C2HF3O2.CHF3O3S/c2*1-7-4-2-6-3-5-7;3-2(4,5)1(6)7;2-1(3,4)8(5,6)7/h2*2-5H,1H3;(H,6,7);(H,5,6,7)/q2*+1;;/p-2. The monoisotopic (exact) mass is 452 g/mol. The smallest absolute Gasteiger partial charge is 0.485 e. The molecule has 2 aromatic rings. The van der Waals surface area contributed by atoms with Crippen molar-refractivity contribution < 1.29 is 58.3 Å². The van der Waals surface area contributed by atoms with E-state index in [0.717, 1.165) is 0 Å². The molecule has 9 nitrogen and oxygen atoms in total. The van der Waals surface area contributed by atoms with E-state index in [-0.39, 0.29) is 0 Å². The molecule has 2 rings (SSSR count). The second-order valence-corrected chi connectivity index (χ2v) is 5.88. The van der Waals surface area contributed by atoms with Crippen molar-refractivity contribution in [1.82, 2.24) is 9.97 Å². The number of hydrogen-bond donors (Lipinski definition) is 0. The van der Waals surface area contributed by atoms with Gasteiger partial charge >= 0.3 is 11.7 Å². The van der Waals surface area contributed by atoms with E-state index in [1.807, 2.05) is 48.0 Å². The maximum Gasteiger partial charge on any atom is 0.485 e. The number of rotatable bonds is 0. The first kappa shape index (κ1) is 28.3. The SMILES string of the molecule is C[n+]1ccncc1.C[n+]1ccncc1.O=C([O-])C(F)(F)F.O=S(=O)([O-])C(F)(F)F. The highest BCUT2D eigenvalue weighted by Gasteiger charge is 2.36. The van der Waals surface area contributed by atoms with E-state index in [1.54, 1.807) is 24.8 Å². The van der Waals surface area contributed by atoms with E-state index in [1.165, 1.54) is 0 Å². The van der Waals surface area contributed by atoms with Gasteiger partial charge < -0.3 is 14.5 Å². The van der Waals surface area contributed by atoms with Crippen LogP contribution in [0.3, 0.4) is 0 Å². The summed E-state index contributed by atoms with van der Waals surface area (Å²) in [6.07, 6.45) is 9.36. The average Bonchev–Trinajstić information content (AvgIpc) is 2.55. The van der Waals surface area contributed by atoms with Gasteiger partial charge in [0, 0.05) is 0 Å². The van der Waals surface area contributed by atoms with Crippen molar-refractivity contribution in [2.24, 2.45) is 14.1 Å². The molecule has 0 spiro atoms. The van der Waals surface area contributed by atoms with Crippen molar-refractivity contribution >= 4 is 16.1 Å². The Morgan fingerprint density at radius 3 is 1.10 bits per heavy atom. The number of aliphatic carboxylic acids is 1. The minimum atomic E-state index is -6.09. The van der Waals surface area contributed by atoms with E-state index >= 15 is 0 Å². The Hall–Kier alpha value is -2.88. The molecule has 164 valence electrons. The molecule has 2 heterocycles. The zero-order valence-electron chi connectivity index (χ0n) is 14.6.